The normalized spacial score (nSPS) is 18.0. The number of hydrogen-bond acceptors (Lipinski definition) is 5. The second-order valence-corrected chi connectivity index (χ2v) is 6.25. The predicted octanol–water partition coefficient (Wildman–Crippen LogP) is 1.40. The summed E-state index contributed by atoms with van der Waals surface area (Å²) in [6.45, 7) is 6.26. The molecule has 0 spiro atoms. The molecule has 2 aromatic rings. The van der Waals surface area contributed by atoms with Crippen molar-refractivity contribution < 1.29 is 9.47 Å². The number of nitrogens with zero attached hydrogens (tertiary/aromatic N) is 3. The van der Waals surface area contributed by atoms with E-state index in [1.165, 1.54) is 25.9 Å². The fourth-order valence-corrected chi connectivity index (χ4v) is 3.53. The van der Waals surface area contributed by atoms with Crippen LogP contribution in [0.25, 0.3) is 11.0 Å². The van der Waals surface area contributed by atoms with Crippen molar-refractivity contribution in [3.63, 3.8) is 0 Å². The van der Waals surface area contributed by atoms with Gasteiger partial charge < -0.3 is 24.7 Å². The number of ether oxygens (including phenoxy) is 2. The molecular formula is C17H24N4O2. The summed E-state index contributed by atoms with van der Waals surface area (Å²) in [7, 11) is 0. The minimum absolute atomic E-state index is 0.601. The lowest BCUT2D eigenvalue weighted by atomic mass is 10.2. The zero-order valence-electron chi connectivity index (χ0n) is 13.5. The van der Waals surface area contributed by atoms with E-state index in [0.29, 0.717) is 19.8 Å². The molecule has 6 nitrogen and oxygen atoms in total. The highest BCUT2D eigenvalue weighted by molar-refractivity contribution is 5.80. The van der Waals surface area contributed by atoms with Gasteiger partial charge in [-0.25, -0.2) is 4.98 Å². The topological polar surface area (TPSA) is 65.5 Å². The maximum absolute atomic E-state index is 5.78. The summed E-state index contributed by atoms with van der Waals surface area (Å²) >= 11 is 0. The molecule has 0 atom stereocenters. The van der Waals surface area contributed by atoms with Gasteiger partial charge in [0, 0.05) is 31.6 Å². The van der Waals surface area contributed by atoms with Crippen LogP contribution in [0.1, 0.15) is 18.7 Å². The van der Waals surface area contributed by atoms with Gasteiger partial charge in [0.1, 0.15) is 19.0 Å². The maximum atomic E-state index is 5.78. The van der Waals surface area contributed by atoms with E-state index >= 15 is 0 Å². The summed E-state index contributed by atoms with van der Waals surface area (Å²) in [4.78, 5) is 7.31. The van der Waals surface area contributed by atoms with Crippen molar-refractivity contribution in [1.82, 2.24) is 14.5 Å². The van der Waals surface area contributed by atoms with Crippen LogP contribution in [0.2, 0.25) is 0 Å². The Morgan fingerprint density at radius 2 is 1.78 bits per heavy atom. The van der Waals surface area contributed by atoms with Gasteiger partial charge >= 0.3 is 0 Å². The van der Waals surface area contributed by atoms with Crippen LogP contribution in [0.5, 0.6) is 11.5 Å². The number of aromatic nitrogens is 2. The summed E-state index contributed by atoms with van der Waals surface area (Å²) in [5, 5.41) is 0. The van der Waals surface area contributed by atoms with Crippen LogP contribution in [-0.4, -0.2) is 53.8 Å². The fraction of sp³-hybridized carbons (Fsp3) is 0.588. The van der Waals surface area contributed by atoms with Crippen molar-refractivity contribution in [2.24, 2.45) is 5.73 Å². The van der Waals surface area contributed by atoms with Gasteiger partial charge in [-0.2, -0.15) is 0 Å². The number of nitrogens with two attached hydrogens (primary N) is 1. The van der Waals surface area contributed by atoms with E-state index in [9.17, 15) is 0 Å². The van der Waals surface area contributed by atoms with E-state index < -0.39 is 0 Å². The molecule has 23 heavy (non-hydrogen) atoms. The smallest absolute Gasteiger partial charge is 0.163 e. The van der Waals surface area contributed by atoms with Crippen molar-refractivity contribution in [3.8, 4) is 11.5 Å². The van der Waals surface area contributed by atoms with Crippen LogP contribution in [0.3, 0.4) is 0 Å². The summed E-state index contributed by atoms with van der Waals surface area (Å²) in [6.07, 6.45) is 3.43. The molecule has 0 unspecified atom stereocenters. The highest BCUT2D eigenvalue weighted by Gasteiger charge is 2.19. The summed E-state index contributed by atoms with van der Waals surface area (Å²) in [5.41, 5.74) is 7.87. The number of hydrogen-bond donors (Lipinski definition) is 1. The Hall–Kier alpha value is -1.79. The zero-order chi connectivity index (χ0) is 15.6. The lowest BCUT2D eigenvalue weighted by Gasteiger charge is -2.19. The molecular weight excluding hydrogens is 292 g/mol. The molecule has 1 aromatic heterocycles. The van der Waals surface area contributed by atoms with Crippen molar-refractivity contribution in [2.45, 2.75) is 25.8 Å². The monoisotopic (exact) mass is 316 g/mol. The Balaban J connectivity index is 1.68. The first-order valence-electron chi connectivity index (χ1n) is 8.56. The first kappa shape index (κ1) is 14.8. The van der Waals surface area contributed by atoms with Crippen LogP contribution in [0, 0.1) is 0 Å². The Morgan fingerprint density at radius 1 is 1.04 bits per heavy atom. The zero-order valence-corrected chi connectivity index (χ0v) is 13.5. The van der Waals surface area contributed by atoms with E-state index in [0.717, 1.165) is 47.9 Å². The maximum Gasteiger partial charge on any atom is 0.163 e. The standard InChI is InChI=1S/C17H24N4O2/c18-4-3-17-19-13-11-15-16(23-10-9-22-15)12-14(13)21(17)8-7-20-5-1-2-6-20/h11-12H,1-10,18H2. The van der Waals surface area contributed by atoms with Gasteiger partial charge in [-0.15, -0.1) is 0 Å². The fourth-order valence-electron chi connectivity index (χ4n) is 3.53. The molecule has 2 N–H and O–H groups in total. The number of benzene rings is 1. The van der Waals surface area contributed by atoms with Crippen molar-refractivity contribution in [2.75, 3.05) is 39.4 Å². The Labute approximate surface area is 136 Å². The molecule has 0 aliphatic carbocycles. The predicted molar refractivity (Wildman–Crippen MR) is 89.2 cm³/mol. The number of likely N-dealkylation sites (tertiary alicyclic amines) is 1. The summed E-state index contributed by atoms with van der Waals surface area (Å²) < 4.78 is 13.7. The van der Waals surface area contributed by atoms with Crippen LogP contribution in [0.15, 0.2) is 12.1 Å². The van der Waals surface area contributed by atoms with Crippen LogP contribution >= 0.6 is 0 Å². The molecule has 0 bridgehead atoms. The molecule has 3 heterocycles. The molecule has 0 radical (unpaired) electrons. The van der Waals surface area contributed by atoms with Crippen molar-refractivity contribution >= 4 is 11.0 Å². The molecule has 2 aliphatic heterocycles. The molecule has 2 aliphatic rings. The second-order valence-electron chi connectivity index (χ2n) is 6.25. The largest absolute Gasteiger partial charge is 0.486 e. The lowest BCUT2D eigenvalue weighted by molar-refractivity contribution is 0.172. The Morgan fingerprint density at radius 3 is 2.52 bits per heavy atom. The summed E-state index contributed by atoms with van der Waals surface area (Å²) in [6, 6.07) is 4.07. The Kier molecular flexibility index (Phi) is 4.10. The van der Waals surface area contributed by atoms with E-state index in [4.69, 9.17) is 20.2 Å². The van der Waals surface area contributed by atoms with Crippen LogP contribution in [0.4, 0.5) is 0 Å². The van der Waals surface area contributed by atoms with Gasteiger partial charge in [0.2, 0.25) is 0 Å². The van der Waals surface area contributed by atoms with Gasteiger partial charge in [0.25, 0.3) is 0 Å². The van der Waals surface area contributed by atoms with E-state index in [1.807, 2.05) is 6.07 Å². The number of imidazole rings is 1. The van der Waals surface area contributed by atoms with Gasteiger partial charge in [-0.3, -0.25) is 0 Å². The van der Waals surface area contributed by atoms with E-state index in [1.54, 1.807) is 0 Å². The average molecular weight is 316 g/mol. The molecule has 6 heteroatoms. The van der Waals surface area contributed by atoms with Gasteiger partial charge in [0.05, 0.1) is 11.0 Å². The van der Waals surface area contributed by atoms with E-state index in [-0.39, 0.29) is 0 Å². The molecule has 1 fully saturated rings. The quantitative estimate of drug-likeness (QED) is 0.903. The molecule has 0 saturated carbocycles. The third-order valence-electron chi connectivity index (χ3n) is 4.70. The average Bonchev–Trinajstić information content (AvgIpc) is 3.19. The minimum Gasteiger partial charge on any atom is -0.486 e. The summed E-state index contributed by atoms with van der Waals surface area (Å²) in [5.74, 6) is 2.68. The lowest BCUT2D eigenvalue weighted by Crippen LogP contribution is -2.25. The van der Waals surface area contributed by atoms with Crippen molar-refractivity contribution in [3.05, 3.63) is 18.0 Å². The molecule has 124 valence electrons. The van der Waals surface area contributed by atoms with Crippen molar-refractivity contribution in [1.29, 1.82) is 0 Å². The highest BCUT2D eigenvalue weighted by Crippen LogP contribution is 2.34. The van der Waals surface area contributed by atoms with Gasteiger partial charge in [-0.05, 0) is 32.5 Å². The first-order chi connectivity index (χ1) is 11.3. The Bertz CT molecular complexity index is 691. The van der Waals surface area contributed by atoms with Crippen LogP contribution in [-0.2, 0) is 13.0 Å². The van der Waals surface area contributed by atoms with Crippen LogP contribution < -0.4 is 15.2 Å². The molecule has 1 saturated heterocycles. The second kappa shape index (κ2) is 6.37. The SMILES string of the molecule is NCCc1nc2cc3c(cc2n1CCN1CCCC1)OCCO3. The first-order valence-corrected chi connectivity index (χ1v) is 8.56. The third kappa shape index (κ3) is 2.88. The molecule has 4 rings (SSSR count). The van der Waals surface area contributed by atoms with Gasteiger partial charge in [0.15, 0.2) is 11.5 Å². The van der Waals surface area contributed by atoms with E-state index in [2.05, 4.69) is 15.5 Å². The van der Waals surface area contributed by atoms with Gasteiger partial charge in [-0.1, -0.05) is 0 Å². The third-order valence-corrected chi connectivity index (χ3v) is 4.70. The number of fused-ring (bicyclic) bond motifs is 2. The molecule has 0 amide bonds. The minimum atomic E-state index is 0.601. The molecule has 1 aromatic carbocycles. The highest BCUT2D eigenvalue weighted by atomic mass is 16.6. The number of rotatable bonds is 5.